The Morgan fingerprint density at radius 1 is 1.00 bits per heavy atom. The Bertz CT molecular complexity index is 1020. The number of unbranched alkanes of at least 4 members (excludes halogenated alkanes) is 1. The summed E-state index contributed by atoms with van der Waals surface area (Å²) in [4.78, 5) is 4.69. The van der Waals surface area contributed by atoms with E-state index in [-0.39, 0.29) is 0 Å². The van der Waals surface area contributed by atoms with Crippen LogP contribution in [0.5, 0.6) is 0 Å². The van der Waals surface area contributed by atoms with Gasteiger partial charge in [0.2, 0.25) is 0 Å². The molecule has 4 rings (SSSR count). The van der Waals surface area contributed by atoms with Gasteiger partial charge in [0, 0.05) is 26.6 Å². The van der Waals surface area contributed by atoms with Crippen molar-refractivity contribution in [3.8, 4) is 11.1 Å². The average Bonchev–Trinajstić information content (AvgIpc) is 3.03. The van der Waals surface area contributed by atoms with Crippen LogP contribution in [0.15, 0.2) is 53.9 Å². The first-order chi connectivity index (χ1) is 11.8. The summed E-state index contributed by atoms with van der Waals surface area (Å²) in [6.07, 6.45) is 3.35. The summed E-state index contributed by atoms with van der Waals surface area (Å²) in [7, 11) is 0. The maximum atomic E-state index is 6.43. The minimum absolute atomic E-state index is 0.642. The first kappa shape index (κ1) is 15.2. The second-order valence-electron chi connectivity index (χ2n) is 6.12. The van der Waals surface area contributed by atoms with Crippen molar-refractivity contribution in [1.29, 1.82) is 0 Å². The zero-order chi connectivity index (χ0) is 16.5. The molecule has 0 amide bonds. The minimum atomic E-state index is 0.642. The summed E-state index contributed by atoms with van der Waals surface area (Å²) in [6, 6.07) is 16.9. The quantitative estimate of drug-likeness (QED) is 0.494. The molecule has 0 atom stereocenters. The molecule has 0 aliphatic carbocycles. The predicted octanol–water partition coefficient (Wildman–Crippen LogP) is 6.04. The Morgan fingerprint density at radius 2 is 1.75 bits per heavy atom. The molecule has 2 aromatic heterocycles. The van der Waals surface area contributed by atoms with Gasteiger partial charge in [-0.3, -0.25) is 0 Å². The first-order valence-corrected chi connectivity index (χ1v) is 9.31. The number of nitrogens with two attached hydrogens (primary N) is 1. The fourth-order valence-electron chi connectivity index (χ4n) is 3.39. The molecule has 2 aromatic carbocycles. The molecule has 2 nitrogen and oxygen atoms in total. The Kier molecular flexibility index (Phi) is 3.95. The molecule has 0 unspecified atom stereocenters. The molecule has 0 aliphatic heterocycles. The van der Waals surface area contributed by atoms with E-state index in [4.69, 9.17) is 5.73 Å². The van der Waals surface area contributed by atoms with E-state index < -0.39 is 0 Å². The molecule has 0 saturated heterocycles. The van der Waals surface area contributed by atoms with Crippen LogP contribution in [0, 0.1) is 0 Å². The number of thiophene rings is 1. The molecular formula is C21H20N2S. The van der Waals surface area contributed by atoms with Gasteiger partial charge in [0.15, 0.2) is 0 Å². The van der Waals surface area contributed by atoms with Gasteiger partial charge in [-0.2, -0.15) is 0 Å². The van der Waals surface area contributed by atoms with Gasteiger partial charge in [0.25, 0.3) is 0 Å². The fourth-order valence-corrected chi connectivity index (χ4v) is 4.34. The second kappa shape index (κ2) is 6.25. The van der Waals surface area contributed by atoms with Crippen molar-refractivity contribution in [1.82, 2.24) is 4.98 Å². The van der Waals surface area contributed by atoms with Crippen LogP contribution in [0.4, 0.5) is 5.82 Å². The van der Waals surface area contributed by atoms with Gasteiger partial charge in [-0.15, -0.1) is 11.3 Å². The van der Waals surface area contributed by atoms with E-state index >= 15 is 0 Å². The second-order valence-corrected chi connectivity index (χ2v) is 7.03. The third-order valence-corrected chi connectivity index (χ3v) is 5.52. The van der Waals surface area contributed by atoms with Gasteiger partial charge in [-0.1, -0.05) is 49.7 Å². The highest BCUT2D eigenvalue weighted by atomic mass is 32.1. The summed E-state index contributed by atoms with van der Waals surface area (Å²) in [5.74, 6) is 0.642. The number of hydrogen-bond donors (Lipinski definition) is 1. The maximum absolute atomic E-state index is 6.43. The lowest BCUT2D eigenvalue weighted by atomic mass is 9.93. The number of benzene rings is 2. The number of nitrogens with zero attached hydrogens (tertiary/aromatic N) is 1. The number of para-hydroxylation sites is 1. The topological polar surface area (TPSA) is 38.9 Å². The Hall–Kier alpha value is -2.39. The van der Waals surface area contributed by atoms with Crippen LogP contribution < -0.4 is 5.73 Å². The Balaban J connectivity index is 2.05. The van der Waals surface area contributed by atoms with E-state index in [1.807, 2.05) is 6.07 Å². The van der Waals surface area contributed by atoms with Crippen molar-refractivity contribution in [2.45, 2.75) is 26.2 Å². The highest BCUT2D eigenvalue weighted by Gasteiger charge is 2.17. The van der Waals surface area contributed by atoms with Crippen molar-refractivity contribution < 1.29 is 0 Å². The molecule has 0 radical (unpaired) electrons. The summed E-state index contributed by atoms with van der Waals surface area (Å²) in [5, 5.41) is 4.72. The zero-order valence-corrected chi connectivity index (χ0v) is 14.6. The van der Waals surface area contributed by atoms with Gasteiger partial charge in [-0.05, 0) is 35.9 Å². The fraction of sp³-hybridized carbons (Fsp3) is 0.190. The van der Waals surface area contributed by atoms with Crippen LogP contribution in [0.1, 0.15) is 25.3 Å². The number of aryl methyl sites for hydroxylation is 1. The molecule has 24 heavy (non-hydrogen) atoms. The van der Waals surface area contributed by atoms with E-state index in [0.29, 0.717) is 5.82 Å². The van der Waals surface area contributed by atoms with Crippen LogP contribution in [0.2, 0.25) is 0 Å². The monoisotopic (exact) mass is 332 g/mol. The minimum Gasteiger partial charge on any atom is -0.383 e. The van der Waals surface area contributed by atoms with Crippen molar-refractivity contribution in [2.75, 3.05) is 5.73 Å². The molecule has 120 valence electrons. The summed E-state index contributed by atoms with van der Waals surface area (Å²) < 4.78 is 1.29. The SMILES string of the molecule is CCCCc1c(-c2csc3ccccc23)c(N)nc2ccccc12. The summed E-state index contributed by atoms with van der Waals surface area (Å²) >= 11 is 1.77. The lowest BCUT2D eigenvalue weighted by Gasteiger charge is -2.15. The van der Waals surface area contributed by atoms with Crippen LogP contribution in [0.25, 0.3) is 32.1 Å². The maximum Gasteiger partial charge on any atom is 0.132 e. The molecule has 4 aromatic rings. The van der Waals surface area contributed by atoms with Gasteiger partial charge in [-0.25, -0.2) is 4.98 Å². The molecule has 0 spiro atoms. The third kappa shape index (κ3) is 2.45. The lowest BCUT2D eigenvalue weighted by Crippen LogP contribution is -2.01. The van der Waals surface area contributed by atoms with Gasteiger partial charge < -0.3 is 5.73 Å². The van der Waals surface area contributed by atoms with Crippen molar-refractivity contribution >= 4 is 38.1 Å². The van der Waals surface area contributed by atoms with Crippen molar-refractivity contribution in [3.05, 3.63) is 59.5 Å². The normalized spacial score (nSPS) is 11.4. The lowest BCUT2D eigenvalue weighted by molar-refractivity contribution is 0.799. The molecule has 0 aliphatic rings. The largest absolute Gasteiger partial charge is 0.383 e. The molecule has 2 heterocycles. The van der Waals surface area contributed by atoms with Crippen molar-refractivity contribution in [2.24, 2.45) is 0 Å². The van der Waals surface area contributed by atoms with Crippen LogP contribution in [-0.4, -0.2) is 4.98 Å². The average molecular weight is 332 g/mol. The van der Waals surface area contributed by atoms with E-state index in [9.17, 15) is 0 Å². The van der Waals surface area contributed by atoms with Gasteiger partial charge in [0.1, 0.15) is 5.82 Å². The number of aromatic nitrogens is 1. The molecule has 2 N–H and O–H groups in total. The smallest absolute Gasteiger partial charge is 0.132 e. The van der Waals surface area contributed by atoms with Gasteiger partial charge >= 0.3 is 0 Å². The number of nitrogen functional groups attached to an aromatic ring is 1. The molecule has 0 saturated carbocycles. The van der Waals surface area contributed by atoms with Gasteiger partial charge in [0.05, 0.1) is 5.52 Å². The van der Waals surface area contributed by atoms with Crippen LogP contribution in [-0.2, 0) is 6.42 Å². The van der Waals surface area contributed by atoms with Crippen LogP contribution in [0.3, 0.4) is 0 Å². The predicted molar refractivity (Wildman–Crippen MR) is 106 cm³/mol. The summed E-state index contributed by atoms with van der Waals surface area (Å²) in [6.45, 7) is 2.23. The van der Waals surface area contributed by atoms with Crippen LogP contribution >= 0.6 is 11.3 Å². The number of anilines is 1. The van der Waals surface area contributed by atoms with E-state index in [1.165, 1.54) is 33.0 Å². The molecule has 0 bridgehead atoms. The number of hydrogen-bond acceptors (Lipinski definition) is 3. The van der Waals surface area contributed by atoms with E-state index in [2.05, 4.69) is 59.8 Å². The third-order valence-electron chi connectivity index (χ3n) is 4.56. The molecular weight excluding hydrogens is 312 g/mol. The van der Waals surface area contributed by atoms with E-state index in [1.54, 1.807) is 11.3 Å². The molecule has 0 fully saturated rings. The highest BCUT2D eigenvalue weighted by molar-refractivity contribution is 7.17. The first-order valence-electron chi connectivity index (χ1n) is 8.43. The van der Waals surface area contributed by atoms with E-state index in [0.717, 1.165) is 23.9 Å². The number of fused-ring (bicyclic) bond motifs is 2. The standard InChI is InChI=1S/C21H20N2S/c1-2-3-8-16-14-9-4-6-11-18(14)23-21(22)20(16)17-13-24-19-12-7-5-10-15(17)19/h4-7,9-13H,2-3,8H2,1H3,(H2,22,23). The Morgan fingerprint density at radius 3 is 2.58 bits per heavy atom. The summed E-state index contributed by atoms with van der Waals surface area (Å²) in [5.41, 5.74) is 11.1. The highest BCUT2D eigenvalue weighted by Crippen LogP contribution is 2.40. The molecule has 3 heteroatoms. The Labute approximate surface area is 146 Å². The number of pyridine rings is 1. The van der Waals surface area contributed by atoms with Crippen molar-refractivity contribution in [3.63, 3.8) is 0 Å². The zero-order valence-electron chi connectivity index (χ0n) is 13.8. The number of rotatable bonds is 4.